The lowest BCUT2D eigenvalue weighted by Crippen LogP contribution is -2.46. The van der Waals surface area contributed by atoms with E-state index in [1.54, 1.807) is 12.4 Å². The first-order valence-corrected chi connectivity index (χ1v) is 9.99. The molecule has 0 spiro atoms. The fourth-order valence-corrected chi connectivity index (χ4v) is 4.68. The van der Waals surface area contributed by atoms with Crippen LogP contribution in [0.5, 0.6) is 0 Å². The molecule has 2 aliphatic rings. The molecular weight excluding hydrogens is 395 g/mol. The van der Waals surface area contributed by atoms with Crippen molar-refractivity contribution in [1.29, 1.82) is 0 Å². The van der Waals surface area contributed by atoms with Gasteiger partial charge in [0.1, 0.15) is 5.82 Å². The normalized spacial score (nSPS) is 23.4. The molecule has 6 nitrogen and oxygen atoms in total. The van der Waals surface area contributed by atoms with Gasteiger partial charge in [-0.2, -0.15) is 4.98 Å². The first kappa shape index (κ1) is 18.2. The van der Waals surface area contributed by atoms with Crippen molar-refractivity contribution >= 4 is 17.5 Å². The number of piperidine rings is 1. The van der Waals surface area contributed by atoms with Crippen LogP contribution in [0.4, 0.5) is 4.39 Å². The predicted octanol–water partition coefficient (Wildman–Crippen LogP) is 4.47. The van der Waals surface area contributed by atoms with E-state index in [2.05, 4.69) is 15.1 Å². The summed E-state index contributed by atoms with van der Waals surface area (Å²) in [4.78, 5) is 23.6. The van der Waals surface area contributed by atoms with Crippen LogP contribution in [0.2, 0.25) is 5.02 Å². The van der Waals surface area contributed by atoms with Gasteiger partial charge in [0.15, 0.2) is 0 Å². The maximum absolute atomic E-state index is 13.4. The third kappa shape index (κ3) is 3.29. The Labute approximate surface area is 171 Å². The van der Waals surface area contributed by atoms with Gasteiger partial charge in [0.25, 0.3) is 5.91 Å². The van der Waals surface area contributed by atoms with Crippen LogP contribution < -0.4 is 0 Å². The van der Waals surface area contributed by atoms with Crippen molar-refractivity contribution in [3.63, 3.8) is 0 Å². The lowest BCUT2D eigenvalue weighted by atomic mass is 9.90. The Balaban J connectivity index is 1.34. The first-order chi connectivity index (χ1) is 14.1. The van der Waals surface area contributed by atoms with Gasteiger partial charge in [-0.1, -0.05) is 16.8 Å². The summed E-state index contributed by atoms with van der Waals surface area (Å²) in [5, 5.41) is 4.06. The van der Waals surface area contributed by atoms with Crippen LogP contribution in [0.25, 0.3) is 11.4 Å². The predicted molar refractivity (Wildman–Crippen MR) is 104 cm³/mol. The summed E-state index contributed by atoms with van der Waals surface area (Å²) in [5.74, 6) is 0.633. The van der Waals surface area contributed by atoms with Crippen molar-refractivity contribution in [1.82, 2.24) is 20.0 Å². The highest BCUT2D eigenvalue weighted by molar-refractivity contribution is 6.31. The molecule has 29 heavy (non-hydrogen) atoms. The molecule has 5 rings (SSSR count). The minimum Gasteiger partial charge on any atom is -0.339 e. The second-order valence-corrected chi connectivity index (χ2v) is 8.00. The molecule has 2 bridgehead atoms. The highest BCUT2D eigenvalue weighted by Crippen LogP contribution is 2.43. The molecule has 0 N–H and O–H groups in total. The summed E-state index contributed by atoms with van der Waals surface area (Å²) in [6, 6.07) is 8.06. The van der Waals surface area contributed by atoms with Crippen molar-refractivity contribution in [2.45, 2.75) is 43.7 Å². The van der Waals surface area contributed by atoms with Gasteiger partial charge in [-0.15, -0.1) is 0 Å². The summed E-state index contributed by atoms with van der Waals surface area (Å²) in [7, 11) is 0. The number of halogens is 2. The van der Waals surface area contributed by atoms with E-state index >= 15 is 0 Å². The van der Waals surface area contributed by atoms with Gasteiger partial charge in [0.2, 0.25) is 11.7 Å². The lowest BCUT2D eigenvalue weighted by molar-refractivity contribution is 0.0555. The number of carbonyl (C=O) groups excluding carboxylic acids is 1. The number of pyridine rings is 1. The number of aromatic nitrogens is 3. The number of benzene rings is 1. The topological polar surface area (TPSA) is 72.1 Å². The lowest BCUT2D eigenvalue weighted by Gasteiger charge is -2.38. The molecule has 0 aliphatic carbocycles. The third-order valence-electron chi connectivity index (χ3n) is 5.84. The Hall–Kier alpha value is -2.80. The van der Waals surface area contributed by atoms with E-state index in [0.717, 1.165) is 31.2 Å². The monoisotopic (exact) mass is 412 g/mol. The fourth-order valence-electron chi connectivity index (χ4n) is 4.50. The van der Waals surface area contributed by atoms with Gasteiger partial charge in [0.05, 0.1) is 5.02 Å². The number of hydrogen-bond donors (Lipinski definition) is 0. The average Bonchev–Trinajstić information content (AvgIpc) is 3.33. The van der Waals surface area contributed by atoms with Gasteiger partial charge in [-0.25, -0.2) is 4.39 Å². The Bertz CT molecular complexity index is 1040. The minimum absolute atomic E-state index is 0.0353. The van der Waals surface area contributed by atoms with E-state index in [0.29, 0.717) is 17.3 Å². The molecule has 2 aliphatic heterocycles. The average molecular weight is 413 g/mol. The molecule has 3 aromatic rings. The standard InChI is InChI=1S/C21H18ClFN4O2/c22-17-10-12(3-6-18(17)23)21(28)27-15-4-5-16(27)9-14(8-15)20-25-19(26-29-20)13-2-1-7-24-11-13/h1-3,6-7,10-11,14-16H,4-5,8-9H2/t14?,15-,16+. The number of carbonyl (C=O) groups is 1. The van der Waals surface area contributed by atoms with Crippen molar-refractivity contribution < 1.29 is 13.7 Å². The molecule has 2 saturated heterocycles. The van der Waals surface area contributed by atoms with Crippen LogP contribution in [0.1, 0.15) is 47.8 Å². The summed E-state index contributed by atoms with van der Waals surface area (Å²) >= 11 is 5.86. The van der Waals surface area contributed by atoms with E-state index < -0.39 is 5.82 Å². The van der Waals surface area contributed by atoms with Crippen molar-refractivity contribution in [3.05, 3.63) is 65.0 Å². The summed E-state index contributed by atoms with van der Waals surface area (Å²) in [6.45, 7) is 0. The largest absolute Gasteiger partial charge is 0.339 e. The van der Waals surface area contributed by atoms with Crippen LogP contribution in [-0.4, -0.2) is 38.0 Å². The van der Waals surface area contributed by atoms with E-state index in [1.165, 1.54) is 18.2 Å². The van der Waals surface area contributed by atoms with E-state index in [4.69, 9.17) is 16.1 Å². The zero-order valence-corrected chi connectivity index (χ0v) is 16.2. The number of fused-ring (bicyclic) bond motifs is 2. The molecule has 0 saturated carbocycles. The van der Waals surface area contributed by atoms with E-state index in [9.17, 15) is 9.18 Å². The Kier molecular flexibility index (Phi) is 4.54. The second-order valence-electron chi connectivity index (χ2n) is 7.59. The molecule has 148 valence electrons. The van der Waals surface area contributed by atoms with Crippen molar-refractivity contribution in [2.24, 2.45) is 0 Å². The molecule has 2 aromatic heterocycles. The van der Waals surface area contributed by atoms with Crippen LogP contribution in [0.3, 0.4) is 0 Å². The van der Waals surface area contributed by atoms with Crippen molar-refractivity contribution in [2.75, 3.05) is 0 Å². The van der Waals surface area contributed by atoms with Crippen LogP contribution in [0.15, 0.2) is 47.2 Å². The zero-order chi connectivity index (χ0) is 20.0. The maximum Gasteiger partial charge on any atom is 0.254 e. The molecule has 1 amide bonds. The van der Waals surface area contributed by atoms with Crippen LogP contribution in [-0.2, 0) is 0 Å². The third-order valence-corrected chi connectivity index (χ3v) is 6.13. The van der Waals surface area contributed by atoms with Gasteiger partial charge < -0.3 is 9.42 Å². The quantitative estimate of drug-likeness (QED) is 0.634. The minimum atomic E-state index is -0.522. The second kappa shape index (κ2) is 7.22. The maximum atomic E-state index is 13.4. The first-order valence-electron chi connectivity index (χ1n) is 9.62. The molecule has 0 radical (unpaired) electrons. The number of rotatable bonds is 3. The smallest absolute Gasteiger partial charge is 0.254 e. The van der Waals surface area contributed by atoms with Gasteiger partial charge in [0, 0.05) is 41.5 Å². The molecule has 4 heterocycles. The Morgan fingerprint density at radius 3 is 2.69 bits per heavy atom. The number of hydrogen-bond acceptors (Lipinski definition) is 5. The van der Waals surface area contributed by atoms with Crippen molar-refractivity contribution in [3.8, 4) is 11.4 Å². The molecule has 1 aromatic carbocycles. The Morgan fingerprint density at radius 2 is 2.00 bits per heavy atom. The van der Waals surface area contributed by atoms with E-state index in [-0.39, 0.29) is 28.9 Å². The number of amides is 1. The number of nitrogens with zero attached hydrogens (tertiary/aromatic N) is 4. The van der Waals surface area contributed by atoms with Gasteiger partial charge in [-0.3, -0.25) is 9.78 Å². The fraction of sp³-hybridized carbons (Fsp3) is 0.333. The van der Waals surface area contributed by atoms with Crippen LogP contribution in [0, 0.1) is 5.82 Å². The van der Waals surface area contributed by atoms with Crippen LogP contribution >= 0.6 is 11.6 Å². The zero-order valence-electron chi connectivity index (χ0n) is 15.5. The molecule has 1 unspecified atom stereocenters. The highest BCUT2D eigenvalue weighted by Gasteiger charge is 2.45. The summed E-state index contributed by atoms with van der Waals surface area (Å²) < 4.78 is 19.0. The summed E-state index contributed by atoms with van der Waals surface area (Å²) in [5.41, 5.74) is 1.23. The van der Waals surface area contributed by atoms with Gasteiger partial charge in [-0.05, 0) is 56.0 Å². The van der Waals surface area contributed by atoms with Gasteiger partial charge >= 0.3 is 0 Å². The summed E-state index contributed by atoms with van der Waals surface area (Å²) in [6.07, 6.45) is 6.81. The molecule has 3 atom stereocenters. The Morgan fingerprint density at radius 1 is 1.21 bits per heavy atom. The molecular formula is C21H18ClFN4O2. The molecule has 8 heteroatoms. The molecule has 2 fully saturated rings. The van der Waals surface area contributed by atoms with E-state index in [1.807, 2.05) is 17.0 Å². The highest BCUT2D eigenvalue weighted by atomic mass is 35.5. The SMILES string of the molecule is O=C(c1ccc(F)c(Cl)c1)N1[C@@H]2CC[C@H]1CC(c1nc(-c3cccnc3)no1)C2.